The number of thiocarbonyl (C=S) groups is 1. The summed E-state index contributed by atoms with van der Waals surface area (Å²) in [6.45, 7) is 0.545. The molecule has 41 valence electrons. The van der Waals surface area contributed by atoms with Crippen LogP contribution in [-0.2, 0) is 0 Å². The molecule has 0 rings (SSSR count). The van der Waals surface area contributed by atoms with Crippen molar-refractivity contribution in [2.75, 3.05) is 6.54 Å². The molecule has 0 aromatic carbocycles. The summed E-state index contributed by atoms with van der Waals surface area (Å²) >= 11 is 4.58. The second kappa shape index (κ2) is 6.05. The lowest BCUT2D eigenvalue weighted by atomic mass is 10.3. The lowest BCUT2D eigenvalue weighted by molar-refractivity contribution is 0.768. The van der Waals surface area contributed by atoms with Crippen LogP contribution in [0.5, 0.6) is 0 Å². The zero-order chi connectivity index (χ0) is 5.54. The van der Waals surface area contributed by atoms with Gasteiger partial charge in [0.2, 0.25) is 0 Å². The van der Waals surface area contributed by atoms with Crippen molar-refractivity contribution in [2.45, 2.75) is 19.3 Å². The van der Waals surface area contributed by atoms with Crippen LogP contribution in [0.3, 0.4) is 0 Å². The molecule has 0 unspecified atom stereocenters. The fourth-order valence-corrected chi connectivity index (χ4v) is 0.519. The first-order valence-electron chi connectivity index (χ1n) is 2.50. The highest BCUT2D eigenvalue weighted by Gasteiger charge is 1.78. The molecule has 0 aromatic heterocycles. The molecule has 0 aliphatic heterocycles. The molecule has 0 saturated carbocycles. The Kier molecular flexibility index (Phi) is 6.09. The average molecular weight is 116 g/mol. The van der Waals surface area contributed by atoms with Gasteiger partial charge in [0.15, 0.2) is 0 Å². The molecule has 0 heterocycles. The molecule has 0 fully saturated rings. The summed E-state index contributed by atoms with van der Waals surface area (Å²) in [7, 11) is 0. The van der Waals surface area contributed by atoms with Crippen molar-refractivity contribution < 1.29 is 0 Å². The molecule has 0 amide bonds. The maximum Gasteiger partial charge on any atom is 0.00999 e. The molecule has 0 bridgehead atoms. The van der Waals surface area contributed by atoms with Crippen LogP contribution in [0.1, 0.15) is 19.3 Å². The van der Waals surface area contributed by atoms with E-state index in [4.69, 9.17) is 5.73 Å². The number of rotatable bonds is 4. The quantitative estimate of drug-likeness (QED) is 0.403. The average Bonchev–Trinajstić information content (AvgIpc) is 1.69. The first-order valence-corrected chi connectivity index (χ1v) is 2.97. The highest BCUT2D eigenvalue weighted by molar-refractivity contribution is 7.78. The SMILES string of the molecule is [NH]CCCCC=S. The molecule has 7 heavy (non-hydrogen) atoms. The summed E-state index contributed by atoms with van der Waals surface area (Å²) in [4.78, 5) is 0. The molecule has 0 aliphatic carbocycles. The van der Waals surface area contributed by atoms with Gasteiger partial charge >= 0.3 is 0 Å². The Hall–Kier alpha value is 0.0500. The molecule has 1 nitrogen and oxygen atoms in total. The van der Waals surface area contributed by atoms with Crippen molar-refractivity contribution >= 4 is 17.6 Å². The summed E-state index contributed by atoms with van der Waals surface area (Å²) in [6.07, 6.45) is 3.08. The predicted molar refractivity (Wildman–Crippen MR) is 35.5 cm³/mol. The van der Waals surface area contributed by atoms with E-state index in [1.807, 2.05) is 0 Å². The van der Waals surface area contributed by atoms with Crippen molar-refractivity contribution in [3.8, 4) is 0 Å². The van der Waals surface area contributed by atoms with Gasteiger partial charge in [0.05, 0.1) is 0 Å². The van der Waals surface area contributed by atoms with E-state index in [2.05, 4.69) is 12.2 Å². The first-order chi connectivity index (χ1) is 3.41. The Bertz CT molecular complexity index is 45.3. The molecule has 0 aliphatic rings. The van der Waals surface area contributed by atoms with Crippen LogP contribution in [0.2, 0.25) is 0 Å². The minimum absolute atomic E-state index is 0.545. The van der Waals surface area contributed by atoms with Crippen LogP contribution in [-0.4, -0.2) is 11.9 Å². The molecular weight excluding hydrogens is 106 g/mol. The van der Waals surface area contributed by atoms with Crippen molar-refractivity contribution in [1.82, 2.24) is 5.73 Å². The summed E-state index contributed by atoms with van der Waals surface area (Å²) in [5.41, 5.74) is 6.73. The van der Waals surface area contributed by atoms with Crippen molar-refractivity contribution in [1.29, 1.82) is 0 Å². The molecule has 0 saturated heterocycles. The summed E-state index contributed by atoms with van der Waals surface area (Å²) in [5, 5.41) is 1.73. The number of hydrogen-bond acceptors (Lipinski definition) is 1. The van der Waals surface area contributed by atoms with Crippen LogP contribution in [0.25, 0.3) is 0 Å². The van der Waals surface area contributed by atoms with Gasteiger partial charge < -0.3 is 0 Å². The zero-order valence-corrected chi connectivity index (χ0v) is 5.13. The monoisotopic (exact) mass is 116 g/mol. The third kappa shape index (κ3) is 6.05. The molecule has 0 spiro atoms. The molecule has 1 radical (unpaired) electrons. The Morgan fingerprint density at radius 2 is 2.14 bits per heavy atom. The Labute approximate surface area is 49.9 Å². The topological polar surface area (TPSA) is 23.8 Å². The highest BCUT2D eigenvalue weighted by atomic mass is 32.1. The maximum atomic E-state index is 6.73. The van der Waals surface area contributed by atoms with Crippen LogP contribution >= 0.6 is 12.2 Å². The zero-order valence-electron chi connectivity index (χ0n) is 4.31. The Balaban J connectivity index is 2.56. The molecule has 0 aromatic rings. The van der Waals surface area contributed by atoms with Gasteiger partial charge in [-0.2, -0.15) is 0 Å². The van der Waals surface area contributed by atoms with E-state index in [9.17, 15) is 0 Å². The van der Waals surface area contributed by atoms with Crippen molar-refractivity contribution in [3.63, 3.8) is 0 Å². The third-order valence-corrected chi connectivity index (χ3v) is 0.984. The predicted octanol–water partition coefficient (Wildman–Crippen LogP) is 1.44. The van der Waals surface area contributed by atoms with E-state index in [0.29, 0.717) is 6.54 Å². The van der Waals surface area contributed by atoms with Crippen molar-refractivity contribution in [3.05, 3.63) is 0 Å². The van der Waals surface area contributed by atoms with E-state index in [1.165, 1.54) is 0 Å². The van der Waals surface area contributed by atoms with E-state index >= 15 is 0 Å². The van der Waals surface area contributed by atoms with Crippen molar-refractivity contribution in [2.24, 2.45) is 0 Å². The van der Waals surface area contributed by atoms with Crippen LogP contribution in [0.4, 0.5) is 0 Å². The van der Waals surface area contributed by atoms with Gasteiger partial charge in [-0.3, -0.25) is 5.73 Å². The maximum absolute atomic E-state index is 6.73. The normalized spacial score (nSPS) is 8.71. The van der Waals surface area contributed by atoms with Gasteiger partial charge in [0.25, 0.3) is 0 Å². The summed E-state index contributed by atoms with van der Waals surface area (Å²) < 4.78 is 0. The van der Waals surface area contributed by atoms with Gasteiger partial charge in [0, 0.05) is 6.54 Å². The standard InChI is InChI=1S/C5H10NS/c6-4-2-1-3-5-7/h5-6H,1-4H2. The molecule has 1 N–H and O–H groups in total. The van der Waals surface area contributed by atoms with Gasteiger partial charge in [-0.25, -0.2) is 0 Å². The third-order valence-electron chi connectivity index (χ3n) is 0.749. The van der Waals surface area contributed by atoms with Crippen LogP contribution in [0, 0.1) is 0 Å². The van der Waals surface area contributed by atoms with Crippen LogP contribution in [0.15, 0.2) is 0 Å². The summed E-state index contributed by atoms with van der Waals surface area (Å²) in [6, 6.07) is 0. The lowest BCUT2D eigenvalue weighted by Gasteiger charge is -1.86. The van der Waals surface area contributed by atoms with Gasteiger partial charge in [0.1, 0.15) is 0 Å². The van der Waals surface area contributed by atoms with Gasteiger partial charge in [-0.1, -0.05) is 12.2 Å². The van der Waals surface area contributed by atoms with Gasteiger partial charge in [-0.05, 0) is 24.6 Å². The van der Waals surface area contributed by atoms with Gasteiger partial charge in [-0.15, -0.1) is 0 Å². The smallest absolute Gasteiger partial charge is 0.00999 e. The minimum Gasteiger partial charge on any atom is -0.258 e. The van der Waals surface area contributed by atoms with E-state index < -0.39 is 0 Å². The second-order valence-electron chi connectivity index (χ2n) is 1.41. The Morgan fingerprint density at radius 1 is 1.43 bits per heavy atom. The molecular formula is C5H10NS. The fourth-order valence-electron chi connectivity index (χ4n) is 0.353. The number of nitrogens with one attached hydrogen (secondary N) is 1. The Morgan fingerprint density at radius 3 is 2.57 bits per heavy atom. The fraction of sp³-hybridized carbons (Fsp3) is 0.800. The number of hydrogen-bond donors (Lipinski definition) is 0. The van der Waals surface area contributed by atoms with Crippen LogP contribution < -0.4 is 5.73 Å². The van der Waals surface area contributed by atoms with E-state index in [1.54, 1.807) is 5.37 Å². The highest BCUT2D eigenvalue weighted by Crippen LogP contribution is 1.88. The summed E-state index contributed by atoms with van der Waals surface area (Å²) in [5.74, 6) is 0. The minimum atomic E-state index is 0.545. The largest absolute Gasteiger partial charge is 0.258 e. The second-order valence-corrected chi connectivity index (χ2v) is 1.75. The first kappa shape index (κ1) is 7.05. The lowest BCUT2D eigenvalue weighted by Crippen LogP contribution is -1.83. The van der Waals surface area contributed by atoms with E-state index in [-0.39, 0.29) is 0 Å². The number of unbranched alkanes of at least 4 members (excludes halogenated alkanes) is 2. The molecule has 2 heteroatoms. The van der Waals surface area contributed by atoms with E-state index in [0.717, 1.165) is 19.3 Å². The molecule has 0 atom stereocenters.